The zero-order valence-electron chi connectivity index (χ0n) is 21.8. The van der Waals surface area contributed by atoms with E-state index < -0.39 is 0 Å². The number of ether oxygens (including phenoxy) is 3. The predicted molar refractivity (Wildman–Crippen MR) is 143 cm³/mol. The molecule has 6 rings (SSSR count). The van der Waals surface area contributed by atoms with Crippen LogP contribution in [-0.4, -0.2) is 99.1 Å². The average molecular weight is 517 g/mol. The van der Waals surface area contributed by atoms with Gasteiger partial charge in [-0.05, 0) is 37.4 Å². The molecule has 2 saturated heterocycles. The fourth-order valence-corrected chi connectivity index (χ4v) is 5.02. The molecule has 2 aromatic carbocycles. The van der Waals surface area contributed by atoms with Crippen LogP contribution < -0.4 is 9.80 Å². The average Bonchev–Trinajstić information content (AvgIpc) is 3.27. The first-order valence-corrected chi connectivity index (χ1v) is 13.1. The Morgan fingerprint density at radius 2 is 1.34 bits per heavy atom. The number of esters is 1. The molecule has 0 bridgehead atoms. The lowest BCUT2D eigenvalue weighted by molar-refractivity contribution is 0.0332. The Balaban J connectivity index is 1.30. The molecule has 0 N–H and O–H groups in total. The SMILES string of the molecule is CN(C)CC1OC(=O)c2ccc(-c3ccc(-c4nc(N5CCOCC5)nc(N5CCOCC5)n4)cc3)cc21. The van der Waals surface area contributed by atoms with Crippen LogP contribution in [0, 0.1) is 0 Å². The molecule has 0 saturated carbocycles. The van der Waals surface area contributed by atoms with Crippen LogP contribution in [0.15, 0.2) is 42.5 Å². The molecule has 198 valence electrons. The molecule has 38 heavy (non-hydrogen) atoms. The summed E-state index contributed by atoms with van der Waals surface area (Å²) in [4.78, 5) is 33.2. The molecule has 3 aliphatic rings. The molecule has 4 heterocycles. The predicted octanol–water partition coefficient (Wildman–Crippen LogP) is 2.65. The topological polar surface area (TPSA) is 93.2 Å². The van der Waals surface area contributed by atoms with E-state index in [1.165, 1.54) is 0 Å². The largest absolute Gasteiger partial charge is 0.452 e. The van der Waals surface area contributed by atoms with Gasteiger partial charge in [-0.1, -0.05) is 30.3 Å². The molecule has 1 atom stereocenters. The number of likely N-dealkylation sites (N-methyl/N-ethyl adjacent to an activating group) is 1. The van der Waals surface area contributed by atoms with Gasteiger partial charge < -0.3 is 28.9 Å². The third-order valence-electron chi connectivity index (χ3n) is 7.07. The second-order valence-electron chi connectivity index (χ2n) is 9.99. The van der Waals surface area contributed by atoms with Crippen LogP contribution in [0.1, 0.15) is 22.0 Å². The number of cyclic esters (lactones) is 1. The Hall–Kier alpha value is -3.60. The number of nitrogens with zero attached hydrogens (tertiary/aromatic N) is 6. The number of carbonyl (C=O) groups excluding carboxylic acids is 1. The minimum atomic E-state index is -0.255. The van der Waals surface area contributed by atoms with Crippen molar-refractivity contribution in [2.75, 3.05) is 83.0 Å². The summed E-state index contributed by atoms with van der Waals surface area (Å²) < 4.78 is 16.7. The normalized spacial score (nSPS) is 19.6. The summed E-state index contributed by atoms with van der Waals surface area (Å²) in [6.07, 6.45) is -0.255. The standard InChI is InChI=1S/C28H32N6O4/c1-32(2)18-24-23-17-21(7-8-22(23)26(35)38-24)19-3-5-20(6-4-19)25-29-27(33-9-13-36-14-10-33)31-28(30-25)34-11-15-37-16-12-34/h3-8,17,24H,9-16,18H2,1-2H3. The smallest absolute Gasteiger partial charge is 0.339 e. The number of benzene rings is 2. The van der Waals surface area contributed by atoms with E-state index in [0.717, 1.165) is 48.4 Å². The van der Waals surface area contributed by atoms with E-state index in [9.17, 15) is 4.79 Å². The van der Waals surface area contributed by atoms with Gasteiger partial charge in [0.25, 0.3) is 0 Å². The Bertz CT molecular complexity index is 1270. The van der Waals surface area contributed by atoms with Crippen molar-refractivity contribution < 1.29 is 19.0 Å². The molecule has 1 aromatic heterocycles. The number of anilines is 2. The van der Waals surface area contributed by atoms with Crippen molar-refractivity contribution in [2.24, 2.45) is 0 Å². The van der Waals surface area contributed by atoms with Crippen LogP contribution in [0.3, 0.4) is 0 Å². The molecule has 10 nitrogen and oxygen atoms in total. The van der Waals surface area contributed by atoms with Crippen LogP contribution in [0.5, 0.6) is 0 Å². The quantitative estimate of drug-likeness (QED) is 0.455. The monoisotopic (exact) mass is 516 g/mol. The Kier molecular flexibility index (Phi) is 6.92. The van der Waals surface area contributed by atoms with Crippen molar-refractivity contribution >= 4 is 17.9 Å². The second-order valence-corrected chi connectivity index (χ2v) is 9.99. The fraction of sp³-hybridized carbons (Fsp3) is 0.429. The molecule has 0 amide bonds. The third-order valence-corrected chi connectivity index (χ3v) is 7.07. The maximum atomic E-state index is 12.3. The van der Waals surface area contributed by atoms with Crippen molar-refractivity contribution in [2.45, 2.75) is 6.10 Å². The summed E-state index contributed by atoms with van der Waals surface area (Å²) in [5.74, 6) is 1.75. The lowest BCUT2D eigenvalue weighted by Crippen LogP contribution is -2.40. The molecule has 2 fully saturated rings. The first kappa shape index (κ1) is 24.7. The van der Waals surface area contributed by atoms with Crippen LogP contribution in [0.25, 0.3) is 22.5 Å². The maximum Gasteiger partial charge on any atom is 0.339 e. The van der Waals surface area contributed by atoms with Crippen LogP contribution in [0.2, 0.25) is 0 Å². The van der Waals surface area contributed by atoms with Crippen LogP contribution in [0.4, 0.5) is 11.9 Å². The van der Waals surface area contributed by atoms with E-state index >= 15 is 0 Å². The number of hydrogen-bond donors (Lipinski definition) is 0. The highest BCUT2D eigenvalue weighted by Crippen LogP contribution is 2.35. The summed E-state index contributed by atoms with van der Waals surface area (Å²) in [6.45, 7) is 6.32. The molecular formula is C28H32N6O4. The first-order valence-electron chi connectivity index (χ1n) is 13.1. The summed E-state index contributed by atoms with van der Waals surface area (Å²) >= 11 is 0. The third kappa shape index (κ3) is 5.07. The summed E-state index contributed by atoms with van der Waals surface area (Å²) in [5, 5.41) is 0. The molecule has 0 aliphatic carbocycles. The first-order chi connectivity index (χ1) is 18.5. The Morgan fingerprint density at radius 1 is 0.789 bits per heavy atom. The molecule has 1 unspecified atom stereocenters. The zero-order chi connectivity index (χ0) is 26.1. The van der Waals surface area contributed by atoms with E-state index in [4.69, 9.17) is 29.2 Å². The van der Waals surface area contributed by atoms with Gasteiger partial charge in [-0.15, -0.1) is 0 Å². The number of hydrogen-bond acceptors (Lipinski definition) is 10. The van der Waals surface area contributed by atoms with Gasteiger partial charge in [-0.25, -0.2) is 4.79 Å². The van der Waals surface area contributed by atoms with Gasteiger partial charge in [0.2, 0.25) is 11.9 Å². The maximum absolute atomic E-state index is 12.3. The lowest BCUT2D eigenvalue weighted by atomic mass is 9.97. The van der Waals surface area contributed by atoms with Crippen molar-refractivity contribution in [3.8, 4) is 22.5 Å². The number of carbonyl (C=O) groups is 1. The minimum absolute atomic E-state index is 0.254. The molecular weight excluding hydrogens is 484 g/mol. The second kappa shape index (κ2) is 10.6. The zero-order valence-corrected chi connectivity index (χ0v) is 21.8. The minimum Gasteiger partial charge on any atom is -0.452 e. The van der Waals surface area contributed by atoms with Gasteiger partial charge in [0, 0.05) is 43.9 Å². The number of fused-ring (bicyclic) bond motifs is 1. The highest BCUT2D eigenvalue weighted by Gasteiger charge is 2.31. The molecule has 0 spiro atoms. The van der Waals surface area contributed by atoms with E-state index in [0.29, 0.717) is 56.3 Å². The Morgan fingerprint density at radius 3 is 1.92 bits per heavy atom. The Labute approximate surface area is 222 Å². The van der Waals surface area contributed by atoms with Crippen molar-refractivity contribution in [1.29, 1.82) is 0 Å². The van der Waals surface area contributed by atoms with Crippen LogP contribution in [-0.2, 0) is 14.2 Å². The van der Waals surface area contributed by atoms with E-state index in [-0.39, 0.29) is 12.1 Å². The molecule has 0 radical (unpaired) electrons. The van der Waals surface area contributed by atoms with Gasteiger partial charge in [0.05, 0.1) is 32.0 Å². The molecule has 3 aromatic rings. The lowest BCUT2D eigenvalue weighted by Gasteiger charge is -2.30. The summed E-state index contributed by atoms with van der Waals surface area (Å²) in [5.41, 5.74) is 4.60. The molecule has 3 aliphatic heterocycles. The van der Waals surface area contributed by atoms with Gasteiger partial charge in [0.15, 0.2) is 5.82 Å². The van der Waals surface area contributed by atoms with E-state index in [1.54, 1.807) is 0 Å². The van der Waals surface area contributed by atoms with Gasteiger partial charge in [-0.2, -0.15) is 15.0 Å². The van der Waals surface area contributed by atoms with E-state index in [2.05, 4.69) is 28.0 Å². The van der Waals surface area contributed by atoms with Crippen molar-refractivity contribution in [1.82, 2.24) is 19.9 Å². The highest BCUT2D eigenvalue weighted by atomic mass is 16.5. The number of aromatic nitrogens is 3. The van der Waals surface area contributed by atoms with Gasteiger partial charge in [-0.3, -0.25) is 0 Å². The van der Waals surface area contributed by atoms with E-state index in [1.807, 2.05) is 43.3 Å². The summed E-state index contributed by atoms with van der Waals surface area (Å²) in [7, 11) is 3.95. The van der Waals surface area contributed by atoms with Crippen molar-refractivity contribution in [3.05, 3.63) is 53.6 Å². The van der Waals surface area contributed by atoms with Crippen molar-refractivity contribution in [3.63, 3.8) is 0 Å². The highest BCUT2D eigenvalue weighted by molar-refractivity contribution is 5.95. The number of morpholine rings is 2. The fourth-order valence-electron chi connectivity index (χ4n) is 5.02. The van der Waals surface area contributed by atoms with Gasteiger partial charge >= 0.3 is 5.97 Å². The van der Waals surface area contributed by atoms with Gasteiger partial charge in [0.1, 0.15) is 6.10 Å². The summed E-state index contributed by atoms with van der Waals surface area (Å²) in [6, 6.07) is 14.1. The van der Waals surface area contributed by atoms with Crippen LogP contribution >= 0.6 is 0 Å². The molecule has 10 heteroatoms. The number of rotatable bonds is 6.